The maximum atomic E-state index is 12.8. The van der Waals surface area contributed by atoms with Crippen LogP contribution in [-0.2, 0) is 61.8 Å². The van der Waals surface area contributed by atoms with Gasteiger partial charge in [-0.1, -0.05) is 73.0 Å². The first kappa shape index (κ1) is 84.9. The van der Waals surface area contributed by atoms with E-state index in [2.05, 4.69) is 45.2 Å². The molecule has 1 amide bonds. The first-order valence-corrected chi connectivity index (χ1v) is 35.8. The second-order valence-electron chi connectivity index (χ2n) is 26.5. The number of H-pyrrole nitrogens is 4. The molecule has 0 radical (unpaired) electrons. The lowest BCUT2D eigenvalue weighted by atomic mass is 10.0. The number of hydrogen-bond acceptors (Lipinski definition) is 40. The molecule has 0 aliphatic carbocycles. The molecule has 0 saturated carbocycles. The number of anilines is 4. The highest BCUT2D eigenvalue weighted by Crippen LogP contribution is 2.45. The first-order chi connectivity index (χ1) is 50.2. The average Bonchev–Trinajstić information content (AvgIpc) is 1.59. The van der Waals surface area contributed by atoms with Crippen LogP contribution in [0, 0.1) is 11.8 Å². The third-order valence-electron chi connectivity index (χ3n) is 17.3. The number of hydrogen-bond donors (Lipinski definition) is 16. The Morgan fingerprint density at radius 2 is 0.780 bits per heavy atom. The van der Waals surface area contributed by atoms with Gasteiger partial charge in [-0.25, -0.2) is 4.79 Å². The van der Waals surface area contributed by atoms with E-state index in [0.29, 0.717) is 34.0 Å². The van der Waals surface area contributed by atoms with E-state index in [1.165, 1.54) is 16.1 Å². The summed E-state index contributed by atoms with van der Waals surface area (Å²) < 4.78 is 61.4. The number of rotatable bonds is 15. The van der Waals surface area contributed by atoms with Gasteiger partial charge in [-0.15, -0.1) is 24.8 Å². The fourth-order valence-electron chi connectivity index (χ4n) is 12.4. The predicted octanol–water partition coefficient (Wildman–Crippen LogP) is -4.95. The minimum Gasteiger partial charge on any atom is -0.462 e. The van der Waals surface area contributed by atoms with Crippen LogP contribution in [0.1, 0.15) is 87.2 Å². The van der Waals surface area contributed by atoms with Gasteiger partial charge in [-0.3, -0.25) is 86.1 Å². The normalized spacial score (nSPS) is 27.6. The number of ether oxygens (including phenoxy) is 10. The SMILES string of the molecule is CC(=O)N[C@H](C(=O)OC[C@H]1O[C@@H](n2c(=O)sc3c(=O)[nH]c(N)nc32)C2OC(C)(C)O[C@@H]21)C(C)C.CC(C)[C@H](N)C(=O)OC[C@H]1O[C@@H](n2c(=O)sc3c(=O)[nH]c(N)nc32)[C@H](O)[C@@H]1O.CC1(C)OC2[C@H](n3c(=O)sc4c(=O)[nH]c(N)nc43)O[C@H](CO)[C@H]2O1.Cl.Cl.Nc1nc2c(sc(=O)n2[C@@H]2O[C@H](CO)[C@@H](O)[C@H]2O)c(=O)[nH]1. The third kappa shape index (κ3) is 16.9. The van der Waals surface area contributed by atoms with Crippen LogP contribution in [0.3, 0.4) is 0 Å². The van der Waals surface area contributed by atoms with Gasteiger partial charge in [0.15, 0.2) is 59.1 Å². The number of nitrogens with one attached hydrogen (secondary N) is 5. The molecule has 14 heterocycles. The summed E-state index contributed by atoms with van der Waals surface area (Å²) in [5.74, 6) is -4.51. The van der Waals surface area contributed by atoms with Crippen molar-refractivity contribution < 1.29 is 92.4 Å². The molecule has 0 bridgehead atoms. The monoisotopic (exact) mass is 1660 g/mol. The lowest BCUT2D eigenvalue weighted by Gasteiger charge is -2.25. The summed E-state index contributed by atoms with van der Waals surface area (Å²) in [4.78, 5) is 157. The van der Waals surface area contributed by atoms with E-state index >= 15 is 0 Å². The van der Waals surface area contributed by atoms with Crippen molar-refractivity contribution in [2.75, 3.05) is 49.4 Å². The summed E-state index contributed by atoms with van der Waals surface area (Å²) in [5, 5.41) is 61.5. The Kier molecular flexibility index (Phi) is 25.7. The minimum absolute atomic E-state index is 0. The molecule has 0 aromatic carbocycles. The van der Waals surface area contributed by atoms with Crippen LogP contribution in [0.15, 0.2) is 38.4 Å². The molecule has 2 unspecified atom stereocenters. The second-order valence-corrected chi connectivity index (χ2v) is 30.4. The number of aliphatic hydroxyl groups is 6. The number of aromatic amines is 4. The zero-order valence-corrected chi connectivity index (χ0v) is 63.4. The Hall–Kier alpha value is -8.13. The zero-order valence-electron chi connectivity index (χ0n) is 58.5. The van der Waals surface area contributed by atoms with Gasteiger partial charge in [0.05, 0.1) is 13.2 Å². The smallest absolute Gasteiger partial charge is 0.328 e. The van der Waals surface area contributed by atoms with Crippen molar-refractivity contribution in [3.05, 3.63) is 80.1 Å². The number of esters is 2. The molecule has 21 N–H and O–H groups in total. The third-order valence-corrected chi connectivity index (χ3v) is 21.1. The van der Waals surface area contributed by atoms with E-state index in [4.69, 9.17) is 81.1 Å². The molecule has 8 aromatic heterocycles. The van der Waals surface area contributed by atoms with Gasteiger partial charge in [0, 0.05) is 6.92 Å². The molecule has 6 saturated heterocycles. The van der Waals surface area contributed by atoms with Crippen molar-refractivity contribution in [2.24, 2.45) is 17.6 Å². The number of nitrogens with two attached hydrogens (primary N) is 5. The number of carbonyl (C=O) groups excluding carboxylic acids is 3. The summed E-state index contributed by atoms with van der Waals surface area (Å²) in [6.07, 6.45) is -16.4. The quantitative estimate of drug-likeness (QED) is 0.0428. The van der Waals surface area contributed by atoms with Crippen molar-refractivity contribution in [1.82, 2.24) is 63.5 Å². The predicted molar refractivity (Wildman–Crippen MR) is 389 cm³/mol. The molecule has 18 atom stereocenters. The van der Waals surface area contributed by atoms with Crippen molar-refractivity contribution in [1.29, 1.82) is 0 Å². The highest BCUT2D eigenvalue weighted by molar-refractivity contribution is 7.17. The van der Waals surface area contributed by atoms with Gasteiger partial charge in [0.2, 0.25) is 29.7 Å². The van der Waals surface area contributed by atoms with E-state index in [-0.39, 0.29) is 128 Å². The van der Waals surface area contributed by atoms with Crippen LogP contribution in [0.5, 0.6) is 0 Å². The number of nitrogen functional groups attached to an aromatic ring is 4. The number of thiazole rings is 4. The van der Waals surface area contributed by atoms with Crippen molar-refractivity contribution in [2.45, 2.75) is 184 Å². The number of fused-ring (bicyclic) bond motifs is 6. The molecule has 45 nitrogen and oxygen atoms in total. The summed E-state index contributed by atoms with van der Waals surface area (Å²) >= 11 is 2.69. The highest BCUT2D eigenvalue weighted by atomic mass is 35.5. The number of aromatic nitrogens is 12. The average molecular weight is 1660 g/mol. The van der Waals surface area contributed by atoms with Crippen molar-refractivity contribution in [3.63, 3.8) is 0 Å². The van der Waals surface area contributed by atoms with Crippen LogP contribution in [0.25, 0.3) is 41.4 Å². The van der Waals surface area contributed by atoms with E-state index in [1.807, 2.05) is 0 Å². The van der Waals surface area contributed by atoms with E-state index < -0.39 is 182 Å². The maximum absolute atomic E-state index is 12.8. The summed E-state index contributed by atoms with van der Waals surface area (Å²) in [5.41, 5.74) is 25.8. The van der Waals surface area contributed by atoms with Gasteiger partial charge in [-0.05, 0) is 39.5 Å². The van der Waals surface area contributed by atoms with E-state index in [1.54, 1.807) is 55.4 Å². The molecule has 51 heteroatoms. The van der Waals surface area contributed by atoms with Crippen LogP contribution in [0.4, 0.5) is 23.8 Å². The second kappa shape index (κ2) is 33.0. The minimum atomic E-state index is -1.53. The lowest BCUT2D eigenvalue weighted by molar-refractivity contribution is -0.202. The Labute approximate surface area is 636 Å². The zero-order chi connectivity index (χ0) is 78.2. The van der Waals surface area contributed by atoms with Gasteiger partial charge >= 0.3 is 31.4 Å². The molecule has 8 aromatic rings. The molecular formula is C58H78Cl2N18O27S4. The van der Waals surface area contributed by atoms with Crippen LogP contribution in [-0.4, -0.2) is 230 Å². The number of aliphatic hydroxyl groups excluding tert-OH is 6. The summed E-state index contributed by atoms with van der Waals surface area (Å²) in [6.45, 7) is 13.9. The topological polar surface area (TPSA) is 678 Å². The molecule has 109 heavy (non-hydrogen) atoms. The largest absolute Gasteiger partial charge is 0.462 e. The van der Waals surface area contributed by atoms with Gasteiger partial charge < -0.3 is 112 Å². The molecule has 6 fully saturated rings. The molecule has 14 rings (SSSR count). The number of nitrogens with zero attached hydrogens (tertiary/aromatic N) is 8. The van der Waals surface area contributed by atoms with Gasteiger partial charge in [0.1, 0.15) is 117 Å². The van der Waals surface area contributed by atoms with Gasteiger partial charge in [-0.2, -0.15) is 19.9 Å². The number of halogens is 2. The van der Waals surface area contributed by atoms with Crippen molar-refractivity contribution in [3.8, 4) is 0 Å². The molecule has 6 aliphatic rings. The van der Waals surface area contributed by atoms with Crippen molar-refractivity contribution >= 4 is 153 Å². The highest BCUT2D eigenvalue weighted by Gasteiger charge is 2.59. The Bertz CT molecular complexity index is 5220. The summed E-state index contributed by atoms with van der Waals surface area (Å²) in [6, 6.07) is -1.67. The molecular weight excluding hydrogens is 1580 g/mol. The van der Waals surface area contributed by atoms with Gasteiger partial charge in [0.25, 0.3) is 22.2 Å². The molecule has 0 spiro atoms. The maximum Gasteiger partial charge on any atom is 0.328 e. The fourth-order valence-corrected chi connectivity index (χ4v) is 15.7. The van der Waals surface area contributed by atoms with Crippen LogP contribution in [0.2, 0.25) is 0 Å². The number of amides is 1. The summed E-state index contributed by atoms with van der Waals surface area (Å²) in [7, 11) is 0. The standard InChI is InChI=1S/C20H27N5O8S.C15H21N5O7S.C13H16N4O6S.C10H12N4O6S.2ClH/c1-7(2)10(22-8(3)26)17(28)30-6-9-11-12(33-20(4,5)32-11)16(31-9)25-14-13(34-19(25)29)15(27)24-18(21)23-14;1-4(2)6(16)13(24)26-3-5-7(21)8(22)12(27-5)20-10-9(28-15(20)25)11(23)19-14(17)18-10;1-13(2)22-5-4(3-18)21-10(6(5)23-13)17-8-7(24-12(17)20)9(19)16-11(14)15-8;11-9-12-6-5(7(18)13-9)21-10(19)14(6)8-4(17)3(16)2(1-15)20-8;;/h7,9-12,16H,6H2,1-5H3,(H,22,26)(H3,21,23,24,27);4-8,12,21-22H,3,16H2,1-2H3,(H3,17,18,19,23);4-6,10,18H,3H2,1-2H3,(H3,14,15,16,19);2-4,8,15-17H,1H2,(H3,11,12,13,18);2*1H/t9-,10+,11-,12?,16-;5-,6+,7-,8-,12-;4-,5-,6?,10-;2-,3-,4-,8-;;/m1111../s1. The van der Waals surface area contributed by atoms with E-state index in [0.717, 1.165) is 20.5 Å². The number of carbonyl (C=O) groups is 3. The molecule has 600 valence electrons. The lowest BCUT2D eigenvalue weighted by Crippen LogP contribution is -2.45. The van der Waals surface area contributed by atoms with E-state index in [9.17, 15) is 78.3 Å². The van der Waals surface area contributed by atoms with Crippen LogP contribution < -0.4 is 75.7 Å². The Morgan fingerprint density at radius 1 is 0.477 bits per heavy atom. The first-order valence-electron chi connectivity index (χ1n) is 32.5. The van der Waals surface area contributed by atoms with Crippen LogP contribution >= 0.6 is 70.2 Å². The Balaban J connectivity index is 0.000000169. The fraction of sp³-hybridized carbons (Fsp3) is 0.603. The molecule has 6 aliphatic heterocycles. The Morgan fingerprint density at radius 3 is 1.12 bits per heavy atom.